The number of carbonyl (C=O) groups excluding carboxylic acids is 1. The molecular formula is C19H32O3. The van der Waals surface area contributed by atoms with Gasteiger partial charge in [0.1, 0.15) is 5.78 Å². The zero-order valence-corrected chi connectivity index (χ0v) is 14.5. The van der Waals surface area contributed by atoms with Crippen LogP contribution in [0.1, 0.15) is 72.1 Å². The van der Waals surface area contributed by atoms with Crippen LogP contribution in [0.3, 0.4) is 0 Å². The zero-order chi connectivity index (χ0) is 15.9. The second-order valence-electron chi connectivity index (χ2n) is 7.13. The predicted octanol–water partition coefficient (Wildman–Crippen LogP) is 4.65. The van der Waals surface area contributed by atoms with Gasteiger partial charge in [0.2, 0.25) is 0 Å². The number of ketones is 1. The third-order valence-corrected chi connectivity index (χ3v) is 5.26. The molecule has 0 radical (unpaired) electrons. The van der Waals surface area contributed by atoms with Gasteiger partial charge < -0.3 is 14.3 Å². The highest BCUT2D eigenvalue weighted by Crippen LogP contribution is 2.39. The smallest absolute Gasteiger partial charge is 0.158 e. The lowest BCUT2D eigenvalue weighted by atomic mass is 9.84. The van der Waals surface area contributed by atoms with E-state index in [1.807, 2.05) is 0 Å². The molecule has 0 saturated carbocycles. The maximum atomic E-state index is 11.1. The highest BCUT2D eigenvalue weighted by Gasteiger charge is 2.28. The Balaban J connectivity index is 1.81. The van der Waals surface area contributed by atoms with E-state index in [9.17, 15) is 4.79 Å². The van der Waals surface area contributed by atoms with Crippen molar-refractivity contribution in [2.24, 2.45) is 11.8 Å². The van der Waals surface area contributed by atoms with Gasteiger partial charge in [0.25, 0.3) is 0 Å². The molecule has 126 valence electrons. The van der Waals surface area contributed by atoms with E-state index in [0.29, 0.717) is 17.6 Å². The summed E-state index contributed by atoms with van der Waals surface area (Å²) >= 11 is 0. The Morgan fingerprint density at radius 3 is 2.86 bits per heavy atom. The van der Waals surface area contributed by atoms with Crippen LogP contribution in [-0.4, -0.2) is 25.3 Å². The van der Waals surface area contributed by atoms with Gasteiger partial charge in [-0.3, -0.25) is 0 Å². The second-order valence-corrected chi connectivity index (χ2v) is 7.13. The molecule has 3 heteroatoms. The number of hydrogen-bond acceptors (Lipinski definition) is 3. The number of allylic oxidation sites excluding steroid dienone is 1. The molecule has 0 aromatic rings. The lowest BCUT2D eigenvalue weighted by molar-refractivity contribution is -0.157. The Morgan fingerprint density at radius 2 is 2.18 bits per heavy atom. The maximum Gasteiger partial charge on any atom is 0.158 e. The average molecular weight is 308 g/mol. The number of rotatable bonds is 8. The van der Waals surface area contributed by atoms with Gasteiger partial charge in [0.05, 0.1) is 6.61 Å². The van der Waals surface area contributed by atoms with Crippen molar-refractivity contribution >= 4 is 5.78 Å². The zero-order valence-electron chi connectivity index (χ0n) is 14.5. The largest absolute Gasteiger partial charge is 0.353 e. The SMILES string of the molecule is CC(=O)CCC[C@H](C)[C@@H]1CCC(C)=C1COC1CCCCO1. The normalized spacial score (nSPS) is 27.2. The standard InChI is InChI=1S/C19H32O3/c1-14(7-6-8-16(3)20)17-11-10-15(2)18(17)13-22-19-9-4-5-12-21-19/h14,17,19H,4-13H2,1-3H3/t14-,17-,19?/m0/s1. The average Bonchev–Trinajstić information content (AvgIpc) is 2.87. The van der Waals surface area contributed by atoms with Crippen molar-refractivity contribution in [2.45, 2.75) is 78.4 Å². The third kappa shape index (κ3) is 5.20. The minimum Gasteiger partial charge on any atom is -0.353 e. The van der Waals surface area contributed by atoms with Gasteiger partial charge in [-0.25, -0.2) is 0 Å². The molecule has 0 aromatic carbocycles. The van der Waals surface area contributed by atoms with Crippen molar-refractivity contribution in [1.29, 1.82) is 0 Å². The summed E-state index contributed by atoms with van der Waals surface area (Å²) in [5, 5.41) is 0. The molecule has 2 aliphatic rings. The first-order valence-corrected chi connectivity index (χ1v) is 8.99. The Hall–Kier alpha value is -0.670. The van der Waals surface area contributed by atoms with Crippen LogP contribution in [0.5, 0.6) is 0 Å². The van der Waals surface area contributed by atoms with E-state index < -0.39 is 0 Å². The third-order valence-electron chi connectivity index (χ3n) is 5.26. The van der Waals surface area contributed by atoms with Gasteiger partial charge in [-0.05, 0) is 76.2 Å². The summed E-state index contributed by atoms with van der Waals surface area (Å²) in [4.78, 5) is 11.1. The number of Topliss-reactive ketones (excluding diaryl/α,β-unsaturated/α-hetero) is 1. The van der Waals surface area contributed by atoms with Crippen molar-refractivity contribution in [3.63, 3.8) is 0 Å². The van der Waals surface area contributed by atoms with E-state index in [2.05, 4.69) is 13.8 Å². The lowest BCUT2D eigenvalue weighted by Crippen LogP contribution is -2.25. The van der Waals surface area contributed by atoms with E-state index in [4.69, 9.17) is 9.47 Å². The lowest BCUT2D eigenvalue weighted by Gasteiger charge is -2.27. The Bertz CT molecular complexity index is 393. The molecule has 3 atom stereocenters. The van der Waals surface area contributed by atoms with Gasteiger partial charge in [0.15, 0.2) is 6.29 Å². The molecule has 0 N–H and O–H groups in total. The summed E-state index contributed by atoms with van der Waals surface area (Å²) in [5.41, 5.74) is 3.02. The van der Waals surface area contributed by atoms with Crippen molar-refractivity contribution in [1.82, 2.24) is 0 Å². The van der Waals surface area contributed by atoms with E-state index in [1.165, 1.54) is 30.4 Å². The second kappa shape index (κ2) is 8.83. The number of ether oxygens (including phenoxy) is 2. The van der Waals surface area contributed by atoms with E-state index in [-0.39, 0.29) is 6.29 Å². The molecule has 0 bridgehead atoms. The molecule has 2 rings (SSSR count). The van der Waals surface area contributed by atoms with E-state index in [0.717, 1.165) is 45.3 Å². The molecule has 1 heterocycles. The highest BCUT2D eigenvalue weighted by atomic mass is 16.7. The molecule has 0 amide bonds. The van der Waals surface area contributed by atoms with Gasteiger partial charge in [-0.1, -0.05) is 12.5 Å². The molecule has 1 saturated heterocycles. The monoisotopic (exact) mass is 308 g/mol. The van der Waals surface area contributed by atoms with Gasteiger partial charge in [0, 0.05) is 13.0 Å². The Morgan fingerprint density at radius 1 is 1.36 bits per heavy atom. The summed E-state index contributed by atoms with van der Waals surface area (Å²) in [5.74, 6) is 1.58. The first-order valence-electron chi connectivity index (χ1n) is 8.99. The first-order chi connectivity index (χ1) is 10.6. The van der Waals surface area contributed by atoms with Crippen LogP contribution in [0, 0.1) is 11.8 Å². The van der Waals surface area contributed by atoms with Crippen LogP contribution in [0.25, 0.3) is 0 Å². The van der Waals surface area contributed by atoms with E-state index in [1.54, 1.807) is 6.92 Å². The molecule has 3 nitrogen and oxygen atoms in total. The fourth-order valence-corrected chi connectivity index (χ4v) is 3.78. The van der Waals surface area contributed by atoms with Gasteiger partial charge in [-0.15, -0.1) is 0 Å². The Kier molecular flexibility index (Phi) is 7.10. The quantitative estimate of drug-likeness (QED) is 0.612. The molecule has 0 spiro atoms. The maximum absolute atomic E-state index is 11.1. The van der Waals surface area contributed by atoms with Crippen LogP contribution in [0.2, 0.25) is 0 Å². The molecule has 0 aromatic heterocycles. The van der Waals surface area contributed by atoms with Crippen LogP contribution in [0.4, 0.5) is 0 Å². The molecule has 1 unspecified atom stereocenters. The topological polar surface area (TPSA) is 35.5 Å². The van der Waals surface area contributed by atoms with Crippen LogP contribution >= 0.6 is 0 Å². The summed E-state index contributed by atoms with van der Waals surface area (Å²) < 4.78 is 11.7. The van der Waals surface area contributed by atoms with Crippen molar-refractivity contribution < 1.29 is 14.3 Å². The van der Waals surface area contributed by atoms with E-state index >= 15 is 0 Å². The summed E-state index contributed by atoms with van der Waals surface area (Å²) in [6, 6.07) is 0. The molecular weight excluding hydrogens is 276 g/mol. The van der Waals surface area contributed by atoms with Crippen LogP contribution in [0.15, 0.2) is 11.1 Å². The molecule has 1 aliphatic carbocycles. The molecule has 1 fully saturated rings. The molecule has 22 heavy (non-hydrogen) atoms. The van der Waals surface area contributed by atoms with Crippen molar-refractivity contribution in [3.05, 3.63) is 11.1 Å². The Labute approximate surface area is 135 Å². The number of hydrogen-bond donors (Lipinski definition) is 0. The summed E-state index contributed by atoms with van der Waals surface area (Å²) in [6.07, 6.45) is 8.75. The van der Waals surface area contributed by atoms with Crippen LogP contribution < -0.4 is 0 Å². The summed E-state index contributed by atoms with van der Waals surface area (Å²) in [6.45, 7) is 7.85. The molecule has 1 aliphatic heterocycles. The van der Waals surface area contributed by atoms with Gasteiger partial charge >= 0.3 is 0 Å². The summed E-state index contributed by atoms with van der Waals surface area (Å²) in [7, 11) is 0. The fraction of sp³-hybridized carbons (Fsp3) is 0.842. The predicted molar refractivity (Wildman–Crippen MR) is 88.7 cm³/mol. The van der Waals surface area contributed by atoms with Crippen molar-refractivity contribution in [3.8, 4) is 0 Å². The fourth-order valence-electron chi connectivity index (χ4n) is 3.78. The highest BCUT2D eigenvalue weighted by molar-refractivity contribution is 5.75. The van der Waals surface area contributed by atoms with Crippen molar-refractivity contribution in [2.75, 3.05) is 13.2 Å². The van der Waals surface area contributed by atoms with Gasteiger partial charge in [-0.2, -0.15) is 0 Å². The first kappa shape index (κ1) is 17.7. The number of carbonyl (C=O) groups is 1. The minimum atomic E-state index is 0.00307. The van der Waals surface area contributed by atoms with Crippen LogP contribution in [-0.2, 0) is 14.3 Å². The minimum absolute atomic E-state index is 0.00307.